The highest BCUT2D eigenvalue weighted by molar-refractivity contribution is 6.30. The van der Waals surface area contributed by atoms with Gasteiger partial charge in [-0.3, -0.25) is 9.67 Å². The third kappa shape index (κ3) is 2.54. The number of pyridine rings is 1. The normalized spacial score (nSPS) is 12.7. The van der Waals surface area contributed by atoms with E-state index in [1.807, 2.05) is 26.0 Å². The highest BCUT2D eigenvalue weighted by Crippen LogP contribution is 2.25. The van der Waals surface area contributed by atoms with Gasteiger partial charge in [0.15, 0.2) is 0 Å². The van der Waals surface area contributed by atoms with Gasteiger partial charge in [-0.25, -0.2) is 0 Å². The molecule has 0 saturated heterocycles. The van der Waals surface area contributed by atoms with Crippen LogP contribution < -0.4 is 0 Å². The first-order chi connectivity index (χ1) is 8.49. The molecule has 0 aliphatic heterocycles. The van der Waals surface area contributed by atoms with E-state index >= 15 is 0 Å². The minimum Gasteiger partial charge on any atom is -0.388 e. The molecule has 1 atom stereocenters. The Morgan fingerprint density at radius 3 is 2.61 bits per heavy atom. The zero-order valence-corrected chi connectivity index (χ0v) is 11.4. The Morgan fingerprint density at radius 2 is 2.11 bits per heavy atom. The lowest BCUT2D eigenvalue weighted by molar-refractivity contribution is 0.178. The van der Waals surface area contributed by atoms with E-state index < -0.39 is 6.10 Å². The molecule has 0 aliphatic rings. The van der Waals surface area contributed by atoms with Crippen molar-refractivity contribution in [2.24, 2.45) is 7.05 Å². The molecular weight excluding hydrogens is 250 g/mol. The summed E-state index contributed by atoms with van der Waals surface area (Å²) >= 11 is 6.14. The summed E-state index contributed by atoms with van der Waals surface area (Å²) in [6.45, 7) is 3.81. The van der Waals surface area contributed by atoms with Crippen LogP contribution in [0.15, 0.2) is 18.3 Å². The summed E-state index contributed by atoms with van der Waals surface area (Å²) in [5.41, 5.74) is 3.45. The lowest BCUT2D eigenvalue weighted by Gasteiger charge is -2.10. The molecule has 0 aliphatic carbocycles. The fourth-order valence-electron chi connectivity index (χ4n) is 1.89. The average Bonchev–Trinajstić information content (AvgIpc) is 2.57. The third-order valence-electron chi connectivity index (χ3n) is 2.99. The zero-order valence-electron chi connectivity index (χ0n) is 10.7. The maximum Gasteiger partial charge on any atom is 0.130 e. The van der Waals surface area contributed by atoms with Gasteiger partial charge in [0.2, 0.25) is 0 Å². The van der Waals surface area contributed by atoms with Crippen molar-refractivity contribution in [1.29, 1.82) is 0 Å². The Balaban J connectivity index is 2.21. The van der Waals surface area contributed by atoms with Gasteiger partial charge in [-0.05, 0) is 25.5 Å². The minimum atomic E-state index is -0.613. The summed E-state index contributed by atoms with van der Waals surface area (Å²) in [6, 6.07) is 3.77. The molecule has 0 radical (unpaired) electrons. The number of aromatic nitrogens is 3. The van der Waals surface area contributed by atoms with Crippen molar-refractivity contribution in [1.82, 2.24) is 14.8 Å². The van der Waals surface area contributed by atoms with Crippen molar-refractivity contribution in [3.05, 3.63) is 46.0 Å². The van der Waals surface area contributed by atoms with Gasteiger partial charge >= 0.3 is 0 Å². The molecule has 5 heteroatoms. The molecule has 4 nitrogen and oxygen atoms in total. The molecule has 2 heterocycles. The number of halogens is 1. The second-order valence-corrected chi connectivity index (χ2v) is 4.79. The Kier molecular flexibility index (Phi) is 3.68. The molecule has 1 N–H and O–H groups in total. The van der Waals surface area contributed by atoms with Crippen LogP contribution >= 0.6 is 11.6 Å². The van der Waals surface area contributed by atoms with Crippen molar-refractivity contribution in [2.75, 3.05) is 0 Å². The quantitative estimate of drug-likeness (QED) is 0.927. The third-order valence-corrected chi connectivity index (χ3v) is 3.46. The van der Waals surface area contributed by atoms with Crippen LogP contribution in [0, 0.1) is 13.8 Å². The SMILES string of the molecule is Cc1ccc(C(O)Cc2c(C)nn(C)c2Cl)cn1. The number of aliphatic hydroxyl groups is 1. The van der Waals surface area contributed by atoms with Gasteiger partial charge in [0.05, 0.1) is 11.8 Å². The summed E-state index contributed by atoms with van der Waals surface area (Å²) < 4.78 is 1.62. The van der Waals surface area contributed by atoms with Gasteiger partial charge in [0.1, 0.15) is 5.15 Å². The monoisotopic (exact) mass is 265 g/mol. The van der Waals surface area contributed by atoms with Crippen molar-refractivity contribution in [3.8, 4) is 0 Å². The van der Waals surface area contributed by atoms with Crippen LogP contribution in [0.1, 0.15) is 28.6 Å². The molecular formula is C13H16ClN3O. The smallest absolute Gasteiger partial charge is 0.130 e. The maximum atomic E-state index is 10.2. The highest BCUT2D eigenvalue weighted by atomic mass is 35.5. The average molecular weight is 266 g/mol. The first-order valence-electron chi connectivity index (χ1n) is 5.77. The maximum absolute atomic E-state index is 10.2. The van der Waals surface area contributed by atoms with Gasteiger partial charge in [-0.15, -0.1) is 0 Å². The Morgan fingerprint density at radius 1 is 1.39 bits per heavy atom. The highest BCUT2D eigenvalue weighted by Gasteiger charge is 2.16. The summed E-state index contributed by atoms with van der Waals surface area (Å²) in [5, 5.41) is 15.0. The number of aryl methyl sites for hydroxylation is 3. The molecule has 18 heavy (non-hydrogen) atoms. The molecule has 2 aromatic heterocycles. The van der Waals surface area contributed by atoms with E-state index in [1.165, 1.54) is 0 Å². The molecule has 0 aromatic carbocycles. The Labute approximate surface area is 111 Å². The first-order valence-corrected chi connectivity index (χ1v) is 6.15. The van der Waals surface area contributed by atoms with Crippen LogP contribution in [0.2, 0.25) is 5.15 Å². The van der Waals surface area contributed by atoms with Crippen LogP contribution in [0.25, 0.3) is 0 Å². The molecule has 0 bridgehead atoms. The number of nitrogens with zero attached hydrogens (tertiary/aromatic N) is 3. The largest absolute Gasteiger partial charge is 0.388 e. The predicted octanol–water partition coefficient (Wildman–Crippen LogP) is 2.36. The van der Waals surface area contributed by atoms with Gasteiger partial charge in [-0.1, -0.05) is 17.7 Å². The summed E-state index contributed by atoms with van der Waals surface area (Å²) in [7, 11) is 1.79. The van der Waals surface area contributed by atoms with Crippen molar-refractivity contribution < 1.29 is 5.11 Å². The molecule has 0 amide bonds. The van der Waals surface area contributed by atoms with E-state index in [4.69, 9.17) is 11.6 Å². The molecule has 1 unspecified atom stereocenters. The van der Waals surface area contributed by atoms with E-state index in [-0.39, 0.29) is 0 Å². The van der Waals surface area contributed by atoms with E-state index in [1.54, 1.807) is 17.9 Å². The van der Waals surface area contributed by atoms with Crippen molar-refractivity contribution in [3.63, 3.8) is 0 Å². The van der Waals surface area contributed by atoms with E-state index in [2.05, 4.69) is 10.1 Å². The standard InChI is InChI=1S/C13H16ClN3O/c1-8-4-5-10(7-15-8)12(18)6-11-9(2)16-17(3)13(11)14/h4-5,7,12,18H,6H2,1-3H3. The van der Waals surface area contributed by atoms with E-state index in [0.717, 1.165) is 22.5 Å². The summed E-state index contributed by atoms with van der Waals surface area (Å²) in [4.78, 5) is 4.18. The van der Waals surface area contributed by atoms with Crippen LogP contribution in [0.3, 0.4) is 0 Å². The second-order valence-electron chi connectivity index (χ2n) is 4.43. The van der Waals surface area contributed by atoms with Gasteiger partial charge in [0, 0.05) is 30.9 Å². The zero-order chi connectivity index (χ0) is 13.3. The molecule has 0 fully saturated rings. The Bertz CT molecular complexity index is 548. The number of rotatable bonds is 3. The topological polar surface area (TPSA) is 50.9 Å². The fraction of sp³-hybridized carbons (Fsp3) is 0.385. The van der Waals surface area contributed by atoms with Crippen LogP contribution in [0.4, 0.5) is 0 Å². The number of aliphatic hydroxyl groups excluding tert-OH is 1. The van der Waals surface area contributed by atoms with Crippen LogP contribution in [-0.4, -0.2) is 19.9 Å². The van der Waals surface area contributed by atoms with Crippen LogP contribution in [-0.2, 0) is 13.5 Å². The van der Waals surface area contributed by atoms with Gasteiger partial charge in [0.25, 0.3) is 0 Å². The lowest BCUT2D eigenvalue weighted by Crippen LogP contribution is -2.03. The number of hydrogen-bond acceptors (Lipinski definition) is 3. The predicted molar refractivity (Wildman–Crippen MR) is 70.6 cm³/mol. The number of hydrogen-bond donors (Lipinski definition) is 1. The molecule has 0 saturated carbocycles. The second kappa shape index (κ2) is 5.08. The molecule has 2 rings (SSSR count). The Hall–Kier alpha value is -1.39. The summed E-state index contributed by atoms with van der Waals surface area (Å²) in [6.07, 6.45) is 1.53. The van der Waals surface area contributed by atoms with E-state index in [0.29, 0.717) is 11.6 Å². The molecule has 2 aromatic rings. The van der Waals surface area contributed by atoms with Gasteiger partial charge in [-0.2, -0.15) is 5.10 Å². The fourth-order valence-corrected chi connectivity index (χ4v) is 2.15. The van der Waals surface area contributed by atoms with Crippen molar-refractivity contribution in [2.45, 2.75) is 26.4 Å². The molecule has 0 spiro atoms. The minimum absolute atomic E-state index is 0.448. The van der Waals surface area contributed by atoms with Crippen LogP contribution in [0.5, 0.6) is 0 Å². The molecule has 96 valence electrons. The first kappa shape index (κ1) is 13.1. The summed E-state index contributed by atoms with van der Waals surface area (Å²) in [5.74, 6) is 0. The van der Waals surface area contributed by atoms with Gasteiger partial charge < -0.3 is 5.11 Å². The van der Waals surface area contributed by atoms with Crippen molar-refractivity contribution >= 4 is 11.6 Å². The van der Waals surface area contributed by atoms with E-state index in [9.17, 15) is 5.11 Å². The lowest BCUT2D eigenvalue weighted by atomic mass is 10.0.